The molecule has 5 nitrogen and oxygen atoms in total. The molecular formula is C24H19BrN2O3S. The van der Waals surface area contributed by atoms with Gasteiger partial charge in [0.1, 0.15) is 11.5 Å². The Morgan fingerprint density at radius 3 is 2.10 bits per heavy atom. The van der Waals surface area contributed by atoms with E-state index in [2.05, 4.69) is 21.2 Å². The topological polar surface area (TPSA) is 60.5 Å². The Hall–Kier alpha value is -3.16. The van der Waals surface area contributed by atoms with Gasteiger partial charge in [0.15, 0.2) is 5.13 Å². The number of amides is 1. The van der Waals surface area contributed by atoms with Crippen molar-refractivity contribution in [1.29, 1.82) is 0 Å². The first-order chi connectivity index (χ1) is 15.1. The summed E-state index contributed by atoms with van der Waals surface area (Å²) in [6.07, 6.45) is 0. The molecule has 156 valence electrons. The molecule has 0 radical (unpaired) electrons. The third-order valence-corrected chi connectivity index (χ3v) is 6.16. The number of carbonyl (C=O) groups excluding carboxylic acids is 1. The maximum atomic E-state index is 12.7. The molecule has 0 atom stereocenters. The average Bonchev–Trinajstić information content (AvgIpc) is 3.23. The lowest BCUT2D eigenvalue weighted by atomic mass is 10.1. The van der Waals surface area contributed by atoms with E-state index in [9.17, 15) is 4.79 Å². The van der Waals surface area contributed by atoms with Gasteiger partial charge in [-0.15, -0.1) is 0 Å². The van der Waals surface area contributed by atoms with E-state index in [1.807, 2.05) is 60.7 Å². The molecule has 0 aliphatic heterocycles. The van der Waals surface area contributed by atoms with Crippen LogP contribution in [0, 0.1) is 0 Å². The van der Waals surface area contributed by atoms with E-state index in [0.717, 1.165) is 37.7 Å². The molecule has 3 aromatic carbocycles. The second-order valence-electron chi connectivity index (χ2n) is 6.62. The number of carbonyl (C=O) groups is 1. The number of methoxy groups -OCH3 is 2. The summed E-state index contributed by atoms with van der Waals surface area (Å²) in [5.74, 6) is 1.34. The van der Waals surface area contributed by atoms with E-state index in [0.29, 0.717) is 10.7 Å². The summed E-state index contributed by atoms with van der Waals surface area (Å²) < 4.78 is 11.4. The molecule has 31 heavy (non-hydrogen) atoms. The zero-order valence-corrected chi connectivity index (χ0v) is 19.3. The quantitative estimate of drug-likeness (QED) is 0.331. The zero-order valence-electron chi connectivity index (χ0n) is 16.9. The van der Waals surface area contributed by atoms with E-state index >= 15 is 0 Å². The molecule has 1 heterocycles. The predicted octanol–water partition coefficient (Wildman–Crippen LogP) is 6.51. The number of nitrogens with one attached hydrogen (secondary N) is 1. The minimum Gasteiger partial charge on any atom is -0.497 e. The summed E-state index contributed by atoms with van der Waals surface area (Å²) >= 11 is 4.83. The highest BCUT2D eigenvalue weighted by molar-refractivity contribution is 9.10. The summed E-state index contributed by atoms with van der Waals surface area (Å²) in [5.41, 5.74) is 3.28. The van der Waals surface area contributed by atoms with Crippen LogP contribution >= 0.6 is 27.3 Å². The van der Waals surface area contributed by atoms with Crippen LogP contribution in [-0.2, 0) is 0 Å². The van der Waals surface area contributed by atoms with Crippen molar-refractivity contribution in [3.05, 3.63) is 82.8 Å². The van der Waals surface area contributed by atoms with Gasteiger partial charge < -0.3 is 9.47 Å². The highest BCUT2D eigenvalue weighted by Gasteiger charge is 2.17. The molecule has 1 aromatic heterocycles. The number of anilines is 1. The van der Waals surface area contributed by atoms with E-state index in [1.165, 1.54) is 11.3 Å². The maximum absolute atomic E-state index is 12.7. The molecule has 1 amide bonds. The van der Waals surface area contributed by atoms with Gasteiger partial charge in [-0.05, 0) is 72.3 Å². The van der Waals surface area contributed by atoms with Crippen molar-refractivity contribution in [3.63, 3.8) is 0 Å². The fourth-order valence-corrected chi connectivity index (χ4v) is 4.44. The molecule has 7 heteroatoms. The highest BCUT2D eigenvalue weighted by Crippen LogP contribution is 2.40. The number of hydrogen-bond donors (Lipinski definition) is 1. The van der Waals surface area contributed by atoms with E-state index in [4.69, 9.17) is 14.5 Å². The number of nitrogens with zero attached hydrogens (tertiary/aromatic N) is 1. The second kappa shape index (κ2) is 9.32. The number of ether oxygens (including phenoxy) is 2. The normalized spacial score (nSPS) is 10.5. The van der Waals surface area contributed by atoms with Crippen LogP contribution in [0.3, 0.4) is 0 Å². The van der Waals surface area contributed by atoms with Crippen molar-refractivity contribution >= 4 is 38.3 Å². The summed E-state index contributed by atoms with van der Waals surface area (Å²) in [7, 11) is 3.27. The largest absolute Gasteiger partial charge is 0.497 e. The third-order valence-electron chi connectivity index (χ3n) is 4.65. The predicted molar refractivity (Wildman–Crippen MR) is 128 cm³/mol. The summed E-state index contributed by atoms with van der Waals surface area (Å²) in [6, 6.07) is 22.7. The van der Waals surface area contributed by atoms with Crippen LogP contribution in [0.2, 0.25) is 0 Å². The maximum Gasteiger partial charge on any atom is 0.257 e. The van der Waals surface area contributed by atoms with Crippen molar-refractivity contribution in [2.45, 2.75) is 0 Å². The molecule has 0 bridgehead atoms. The first kappa shape index (κ1) is 21.1. The first-order valence-corrected chi connectivity index (χ1v) is 11.0. The Morgan fingerprint density at radius 1 is 0.903 bits per heavy atom. The van der Waals surface area contributed by atoms with Crippen LogP contribution in [-0.4, -0.2) is 25.1 Å². The molecule has 0 saturated carbocycles. The van der Waals surface area contributed by atoms with Gasteiger partial charge in [-0.2, -0.15) is 0 Å². The summed E-state index contributed by atoms with van der Waals surface area (Å²) in [6.45, 7) is 0. The number of benzene rings is 3. The van der Waals surface area contributed by atoms with Crippen molar-refractivity contribution in [1.82, 2.24) is 4.98 Å². The van der Waals surface area contributed by atoms with Gasteiger partial charge in [-0.25, -0.2) is 4.98 Å². The van der Waals surface area contributed by atoms with Gasteiger partial charge in [-0.3, -0.25) is 10.1 Å². The fraction of sp³-hybridized carbons (Fsp3) is 0.0833. The van der Waals surface area contributed by atoms with Crippen LogP contribution in [0.4, 0.5) is 5.13 Å². The van der Waals surface area contributed by atoms with Gasteiger partial charge in [0.05, 0.1) is 24.8 Å². The van der Waals surface area contributed by atoms with Gasteiger partial charge in [-0.1, -0.05) is 33.3 Å². The lowest BCUT2D eigenvalue weighted by Crippen LogP contribution is -2.11. The van der Waals surface area contributed by atoms with Crippen molar-refractivity contribution in [2.75, 3.05) is 19.5 Å². The summed E-state index contributed by atoms with van der Waals surface area (Å²) in [5, 5.41) is 3.46. The Kier molecular flexibility index (Phi) is 6.34. The standard InChI is InChI=1S/C24H19BrN2O3S/c1-29-19-10-6-15(7-11-19)21-22(16-8-12-20(30-2)13-9-16)31-24(26-21)27-23(28)17-4-3-5-18(25)14-17/h3-14H,1-2H3,(H,26,27,28). The second-order valence-corrected chi connectivity index (χ2v) is 8.53. The number of aromatic nitrogens is 1. The van der Waals surface area contributed by atoms with Gasteiger partial charge in [0.2, 0.25) is 0 Å². The average molecular weight is 495 g/mol. The lowest BCUT2D eigenvalue weighted by Gasteiger charge is -2.05. The lowest BCUT2D eigenvalue weighted by molar-refractivity contribution is 0.102. The molecular weight excluding hydrogens is 476 g/mol. The Balaban J connectivity index is 1.72. The van der Waals surface area contributed by atoms with Crippen LogP contribution in [0.5, 0.6) is 11.5 Å². The van der Waals surface area contributed by atoms with Crippen LogP contribution in [0.15, 0.2) is 77.3 Å². The molecule has 0 saturated heterocycles. The smallest absolute Gasteiger partial charge is 0.257 e. The van der Waals surface area contributed by atoms with Crippen LogP contribution in [0.1, 0.15) is 10.4 Å². The summed E-state index contributed by atoms with van der Waals surface area (Å²) in [4.78, 5) is 18.4. The molecule has 1 N–H and O–H groups in total. The van der Waals surface area contributed by atoms with Crippen LogP contribution < -0.4 is 14.8 Å². The van der Waals surface area contributed by atoms with Crippen molar-refractivity contribution in [3.8, 4) is 33.2 Å². The molecule has 4 aromatic rings. The van der Waals surface area contributed by atoms with E-state index in [1.54, 1.807) is 26.4 Å². The molecule has 0 aliphatic carbocycles. The number of halogens is 1. The molecule has 0 fully saturated rings. The van der Waals surface area contributed by atoms with Crippen molar-refractivity contribution in [2.24, 2.45) is 0 Å². The molecule has 0 unspecified atom stereocenters. The Bertz CT molecular complexity index is 1140. The molecule has 0 aliphatic rings. The van der Waals surface area contributed by atoms with E-state index < -0.39 is 0 Å². The molecule has 0 spiro atoms. The van der Waals surface area contributed by atoms with Gasteiger partial charge in [0, 0.05) is 15.6 Å². The van der Waals surface area contributed by atoms with E-state index in [-0.39, 0.29) is 5.91 Å². The van der Waals surface area contributed by atoms with Gasteiger partial charge >= 0.3 is 0 Å². The first-order valence-electron chi connectivity index (χ1n) is 9.44. The Labute approximate surface area is 192 Å². The highest BCUT2D eigenvalue weighted by atomic mass is 79.9. The number of rotatable bonds is 6. The SMILES string of the molecule is COc1ccc(-c2nc(NC(=O)c3cccc(Br)c3)sc2-c2ccc(OC)cc2)cc1. The van der Waals surface area contributed by atoms with Crippen molar-refractivity contribution < 1.29 is 14.3 Å². The minimum absolute atomic E-state index is 0.211. The molecule has 4 rings (SSSR count). The number of hydrogen-bond acceptors (Lipinski definition) is 5. The monoisotopic (exact) mass is 494 g/mol. The zero-order chi connectivity index (χ0) is 21.8. The fourth-order valence-electron chi connectivity index (χ4n) is 3.06. The Morgan fingerprint density at radius 2 is 1.52 bits per heavy atom. The third kappa shape index (κ3) is 4.78. The van der Waals surface area contributed by atoms with Crippen LogP contribution in [0.25, 0.3) is 21.7 Å². The van der Waals surface area contributed by atoms with Gasteiger partial charge in [0.25, 0.3) is 5.91 Å². The number of thiazole rings is 1. The minimum atomic E-state index is -0.211.